The fraction of sp³-hybridized carbons (Fsp3) is 0.471. The van der Waals surface area contributed by atoms with Crippen molar-refractivity contribution in [1.82, 2.24) is 19.7 Å². The van der Waals surface area contributed by atoms with Crippen molar-refractivity contribution in [3.63, 3.8) is 0 Å². The number of aryl methyl sites for hydroxylation is 1. The van der Waals surface area contributed by atoms with E-state index in [1.165, 1.54) is 6.33 Å². The van der Waals surface area contributed by atoms with Crippen LogP contribution in [0.2, 0.25) is 0 Å². The lowest BCUT2D eigenvalue weighted by atomic mass is 9.95. The molecule has 1 fully saturated rings. The molecule has 0 unspecified atom stereocenters. The Morgan fingerprint density at radius 2 is 2.22 bits per heavy atom. The highest BCUT2D eigenvalue weighted by Crippen LogP contribution is 2.23. The molecule has 1 aliphatic rings. The van der Waals surface area contributed by atoms with Gasteiger partial charge < -0.3 is 10.6 Å². The summed E-state index contributed by atoms with van der Waals surface area (Å²) >= 11 is 0. The van der Waals surface area contributed by atoms with Crippen LogP contribution < -0.4 is 5.73 Å². The van der Waals surface area contributed by atoms with Crippen molar-refractivity contribution in [3.8, 4) is 5.69 Å². The fourth-order valence-corrected chi connectivity index (χ4v) is 3.30. The van der Waals surface area contributed by atoms with Crippen LogP contribution in [0.1, 0.15) is 42.1 Å². The van der Waals surface area contributed by atoms with Gasteiger partial charge in [-0.3, -0.25) is 4.79 Å². The van der Waals surface area contributed by atoms with E-state index < -0.39 is 0 Å². The quantitative estimate of drug-likeness (QED) is 0.939. The van der Waals surface area contributed by atoms with Gasteiger partial charge in [-0.25, -0.2) is 9.67 Å². The number of hydrogen-bond acceptors (Lipinski definition) is 4. The maximum Gasteiger partial charge on any atom is 0.254 e. The van der Waals surface area contributed by atoms with Crippen molar-refractivity contribution in [2.75, 3.05) is 6.54 Å². The molecular weight excluding hydrogens is 290 g/mol. The summed E-state index contributed by atoms with van der Waals surface area (Å²) in [5.41, 5.74) is 8.71. The van der Waals surface area contributed by atoms with E-state index in [0.717, 1.165) is 37.1 Å². The number of hydrogen-bond donors (Lipinski definition) is 1. The maximum absolute atomic E-state index is 12.9. The Morgan fingerprint density at radius 1 is 1.39 bits per heavy atom. The van der Waals surface area contributed by atoms with Gasteiger partial charge in [0.2, 0.25) is 0 Å². The smallest absolute Gasteiger partial charge is 0.254 e. The summed E-state index contributed by atoms with van der Waals surface area (Å²) in [5.74, 6) is 0.0697. The van der Waals surface area contributed by atoms with Gasteiger partial charge in [-0.15, -0.1) is 0 Å². The maximum atomic E-state index is 12.9. The van der Waals surface area contributed by atoms with Crippen molar-refractivity contribution in [2.24, 2.45) is 5.73 Å². The van der Waals surface area contributed by atoms with E-state index in [9.17, 15) is 4.79 Å². The molecule has 1 aliphatic heterocycles. The summed E-state index contributed by atoms with van der Waals surface area (Å²) in [5, 5.41) is 4.14. The van der Waals surface area contributed by atoms with Crippen LogP contribution >= 0.6 is 0 Å². The van der Waals surface area contributed by atoms with Crippen molar-refractivity contribution in [1.29, 1.82) is 0 Å². The van der Waals surface area contributed by atoms with Gasteiger partial charge >= 0.3 is 0 Å². The predicted molar refractivity (Wildman–Crippen MR) is 88.4 cm³/mol. The summed E-state index contributed by atoms with van der Waals surface area (Å²) in [6.45, 7) is 4.75. The van der Waals surface area contributed by atoms with Crippen LogP contribution in [-0.2, 0) is 0 Å². The molecular formula is C17H23N5O. The molecule has 1 aromatic carbocycles. The molecule has 0 bridgehead atoms. The Hall–Kier alpha value is -2.21. The molecule has 1 amide bonds. The van der Waals surface area contributed by atoms with E-state index in [4.69, 9.17) is 5.73 Å². The Kier molecular flexibility index (Phi) is 4.43. The van der Waals surface area contributed by atoms with Gasteiger partial charge in [0, 0.05) is 24.2 Å². The molecule has 0 aliphatic carbocycles. The Morgan fingerprint density at radius 3 is 2.87 bits per heavy atom. The Balaban J connectivity index is 1.86. The fourth-order valence-electron chi connectivity index (χ4n) is 3.30. The zero-order chi connectivity index (χ0) is 16.4. The molecule has 2 N–H and O–H groups in total. The first-order valence-corrected chi connectivity index (χ1v) is 8.10. The minimum Gasteiger partial charge on any atom is -0.334 e. The molecule has 122 valence electrons. The second-order valence-corrected chi connectivity index (χ2v) is 6.26. The first-order valence-electron chi connectivity index (χ1n) is 8.10. The monoisotopic (exact) mass is 313 g/mol. The van der Waals surface area contributed by atoms with Crippen LogP contribution in [0.15, 0.2) is 30.9 Å². The van der Waals surface area contributed by atoms with Gasteiger partial charge in [0.25, 0.3) is 5.91 Å². The Bertz CT molecular complexity index is 680. The van der Waals surface area contributed by atoms with E-state index >= 15 is 0 Å². The largest absolute Gasteiger partial charge is 0.334 e. The van der Waals surface area contributed by atoms with Crippen LogP contribution in [0.3, 0.4) is 0 Å². The lowest BCUT2D eigenvalue weighted by molar-refractivity contribution is 0.0583. The number of nitrogens with two attached hydrogens (primary N) is 1. The molecule has 6 nitrogen and oxygen atoms in total. The van der Waals surface area contributed by atoms with Crippen LogP contribution in [0.5, 0.6) is 0 Å². The molecule has 1 saturated heterocycles. The summed E-state index contributed by atoms with van der Waals surface area (Å²) in [7, 11) is 0. The third kappa shape index (κ3) is 3.12. The van der Waals surface area contributed by atoms with Crippen LogP contribution in [0.25, 0.3) is 5.69 Å². The lowest BCUT2D eigenvalue weighted by Crippen LogP contribution is -2.51. The minimum atomic E-state index is -0.00484. The number of likely N-dealkylation sites (tertiary alicyclic amines) is 1. The van der Waals surface area contributed by atoms with E-state index in [0.29, 0.717) is 5.56 Å². The van der Waals surface area contributed by atoms with E-state index in [1.807, 2.05) is 36.9 Å². The first-order chi connectivity index (χ1) is 11.1. The highest BCUT2D eigenvalue weighted by Gasteiger charge is 2.29. The minimum absolute atomic E-state index is 0.00484. The Labute approximate surface area is 136 Å². The second-order valence-electron chi connectivity index (χ2n) is 6.26. The van der Waals surface area contributed by atoms with Crippen LogP contribution in [0.4, 0.5) is 0 Å². The molecule has 3 rings (SSSR count). The van der Waals surface area contributed by atoms with E-state index in [1.54, 1.807) is 11.0 Å². The van der Waals surface area contributed by atoms with Crippen molar-refractivity contribution in [3.05, 3.63) is 42.0 Å². The number of piperidine rings is 1. The van der Waals surface area contributed by atoms with Gasteiger partial charge in [0.15, 0.2) is 0 Å². The third-order valence-corrected chi connectivity index (χ3v) is 4.53. The lowest BCUT2D eigenvalue weighted by Gasteiger charge is -2.38. The van der Waals surface area contributed by atoms with Gasteiger partial charge in [-0.05, 0) is 56.9 Å². The highest BCUT2D eigenvalue weighted by atomic mass is 16.2. The second kappa shape index (κ2) is 6.50. The zero-order valence-electron chi connectivity index (χ0n) is 13.6. The van der Waals surface area contributed by atoms with Crippen molar-refractivity contribution < 1.29 is 4.79 Å². The number of amides is 1. The number of rotatable bonds is 3. The topological polar surface area (TPSA) is 77.0 Å². The van der Waals surface area contributed by atoms with Crippen LogP contribution in [-0.4, -0.2) is 44.2 Å². The van der Waals surface area contributed by atoms with Gasteiger partial charge in [-0.2, -0.15) is 5.10 Å². The average molecular weight is 313 g/mol. The summed E-state index contributed by atoms with van der Waals surface area (Å²) in [6.07, 6.45) is 6.32. The first kappa shape index (κ1) is 15.7. The van der Waals surface area contributed by atoms with Gasteiger partial charge in [0.1, 0.15) is 12.7 Å². The molecule has 2 heterocycles. The van der Waals surface area contributed by atoms with Crippen molar-refractivity contribution in [2.45, 2.75) is 45.2 Å². The predicted octanol–water partition coefficient (Wildman–Crippen LogP) is 1.92. The average Bonchev–Trinajstić information content (AvgIpc) is 3.08. The summed E-state index contributed by atoms with van der Waals surface area (Å²) < 4.78 is 1.70. The number of benzene rings is 1. The van der Waals surface area contributed by atoms with Crippen LogP contribution in [0, 0.1) is 6.92 Å². The molecule has 1 aromatic heterocycles. The SMILES string of the molecule is Cc1cc(C(=O)N2CCCC[C@H]2[C@H](C)N)ccc1-n1cncn1. The molecule has 2 atom stereocenters. The number of carbonyl (C=O) groups excluding carboxylic acids is 1. The summed E-state index contributed by atoms with van der Waals surface area (Å²) in [4.78, 5) is 18.8. The molecule has 0 spiro atoms. The molecule has 6 heteroatoms. The van der Waals surface area contributed by atoms with Gasteiger partial charge in [0.05, 0.1) is 5.69 Å². The summed E-state index contributed by atoms with van der Waals surface area (Å²) in [6, 6.07) is 5.83. The van der Waals surface area contributed by atoms with Crippen molar-refractivity contribution >= 4 is 5.91 Å². The zero-order valence-corrected chi connectivity index (χ0v) is 13.6. The standard InChI is InChI=1S/C17H23N5O/c1-12-9-14(6-7-15(12)22-11-19-10-20-22)17(23)21-8-4-3-5-16(21)13(2)18/h6-7,9-11,13,16H,3-5,8,18H2,1-2H3/t13-,16-/m0/s1. The molecule has 0 saturated carbocycles. The molecule has 0 radical (unpaired) electrons. The number of aromatic nitrogens is 3. The number of carbonyl (C=O) groups is 1. The van der Waals surface area contributed by atoms with E-state index in [-0.39, 0.29) is 18.0 Å². The normalized spacial score (nSPS) is 19.6. The molecule has 2 aromatic rings. The highest BCUT2D eigenvalue weighted by molar-refractivity contribution is 5.95. The van der Waals surface area contributed by atoms with E-state index in [2.05, 4.69) is 10.1 Å². The third-order valence-electron chi connectivity index (χ3n) is 4.53. The number of nitrogens with zero attached hydrogens (tertiary/aromatic N) is 4. The molecule has 23 heavy (non-hydrogen) atoms. The van der Waals surface area contributed by atoms with Gasteiger partial charge in [-0.1, -0.05) is 0 Å².